The van der Waals surface area contributed by atoms with Gasteiger partial charge in [-0.1, -0.05) is 29.3 Å². The van der Waals surface area contributed by atoms with Crippen molar-refractivity contribution in [3.05, 3.63) is 52.0 Å². The maximum atomic E-state index is 13.8. The molecule has 0 unspecified atom stereocenters. The van der Waals surface area contributed by atoms with Crippen molar-refractivity contribution in [1.29, 1.82) is 0 Å². The number of carboxylic acids is 1. The minimum atomic E-state index is -1.06. The summed E-state index contributed by atoms with van der Waals surface area (Å²) < 4.78 is 13.8. The Morgan fingerprint density at radius 2 is 1.95 bits per heavy atom. The summed E-state index contributed by atoms with van der Waals surface area (Å²) in [5, 5.41) is 9.31. The fourth-order valence-electron chi connectivity index (χ4n) is 1.60. The quantitative estimate of drug-likeness (QED) is 0.877. The molecule has 0 aliphatic rings. The summed E-state index contributed by atoms with van der Waals surface area (Å²) in [6.45, 7) is 0. The third-order valence-electron chi connectivity index (χ3n) is 2.47. The smallest absolute Gasteiger partial charge is 0.309 e. The summed E-state index contributed by atoms with van der Waals surface area (Å²) in [4.78, 5) is 14.1. The van der Waals surface area contributed by atoms with E-state index in [1.54, 1.807) is 12.1 Å². The van der Waals surface area contributed by atoms with Crippen molar-refractivity contribution >= 4 is 29.2 Å². The lowest BCUT2D eigenvalue weighted by Crippen LogP contribution is -2.04. The van der Waals surface area contributed by atoms with Crippen LogP contribution in [-0.2, 0) is 11.2 Å². The topological polar surface area (TPSA) is 50.2 Å². The molecule has 0 amide bonds. The van der Waals surface area contributed by atoms with Gasteiger partial charge in [-0.15, -0.1) is 0 Å². The SMILES string of the molecule is O=C(O)Cc1ccc(-c2ccc(Cl)c(Cl)c2)c(F)n1. The molecule has 0 bridgehead atoms. The van der Waals surface area contributed by atoms with Gasteiger partial charge < -0.3 is 5.11 Å². The van der Waals surface area contributed by atoms with E-state index < -0.39 is 11.9 Å². The van der Waals surface area contributed by atoms with E-state index in [9.17, 15) is 9.18 Å². The van der Waals surface area contributed by atoms with Crippen LogP contribution in [0.1, 0.15) is 5.69 Å². The van der Waals surface area contributed by atoms with E-state index in [1.165, 1.54) is 18.2 Å². The normalized spacial score (nSPS) is 10.5. The number of aliphatic carboxylic acids is 1. The second-order valence-corrected chi connectivity index (χ2v) is 4.65. The van der Waals surface area contributed by atoms with Gasteiger partial charge in [0.05, 0.1) is 22.2 Å². The largest absolute Gasteiger partial charge is 0.481 e. The summed E-state index contributed by atoms with van der Waals surface area (Å²) in [6.07, 6.45) is -0.321. The first-order valence-corrected chi connectivity index (χ1v) is 6.05. The van der Waals surface area contributed by atoms with Crippen LogP contribution in [0.4, 0.5) is 4.39 Å². The van der Waals surface area contributed by atoms with E-state index in [1.807, 2.05) is 0 Å². The van der Waals surface area contributed by atoms with Crippen LogP contribution in [-0.4, -0.2) is 16.1 Å². The van der Waals surface area contributed by atoms with E-state index in [4.69, 9.17) is 28.3 Å². The van der Waals surface area contributed by atoms with E-state index in [-0.39, 0.29) is 17.7 Å². The number of carboxylic acid groups (broad SMARTS) is 1. The average Bonchev–Trinajstić information content (AvgIpc) is 2.32. The molecule has 0 aliphatic heterocycles. The van der Waals surface area contributed by atoms with Crippen LogP contribution in [0.2, 0.25) is 10.0 Å². The van der Waals surface area contributed by atoms with Crippen LogP contribution in [0.3, 0.4) is 0 Å². The molecule has 19 heavy (non-hydrogen) atoms. The van der Waals surface area contributed by atoms with Gasteiger partial charge in [0.1, 0.15) is 0 Å². The van der Waals surface area contributed by atoms with E-state index in [0.717, 1.165) is 0 Å². The number of nitrogens with zero attached hydrogens (tertiary/aromatic N) is 1. The van der Waals surface area contributed by atoms with E-state index in [0.29, 0.717) is 15.6 Å². The molecule has 0 spiro atoms. The van der Waals surface area contributed by atoms with Crippen molar-refractivity contribution in [1.82, 2.24) is 4.98 Å². The Balaban J connectivity index is 2.40. The predicted molar refractivity (Wildman–Crippen MR) is 71.0 cm³/mol. The van der Waals surface area contributed by atoms with Gasteiger partial charge in [0.25, 0.3) is 0 Å². The van der Waals surface area contributed by atoms with Crippen molar-refractivity contribution in [3.8, 4) is 11.1 Å². The highest BCUT2D eigenvalue weighted by molar-refractivity contribution is 6.42. The molecule has 0 fully saturated rings. The van der Waals surface area contributed by atoms with Gasteiger partial charge in [-0.2, -0.15) is 4.39 Å². The Morgan fingerprint density at radius 1 is 1.21 bits per heavy atom. The molecule has 2 aromatic rings. The summed E-state index contributed by atoms with van der Waals surface area (Å²) in [6, 6.07) is 7.64. The zero-order valence-corrected chi connectivity index (χ0v) is 11.0. The van der Waals surface area contributed by atoms with Crippen molar-refractivity contribution in [2.75, 3.05) is 0 Å². The van der Waals surface area contributed by atoms with Gasteiger partial charge in [-0.25, -0.2) is 4.98 Å². The first-order valence-electron chi connectivity index (χ1n) is 5.30. The number of pyridine rings is 1. The van der Waals surface area contributed by atoms with Crippen LogP contribution in [0.5, 0.6) is 0 Å². The van der Waals surface area contributed by atoms with Gasteiger partial charge in [0, 0.05) is 5.56 Å². The van der Waals surface area contributed by atoms with Crippen LogP contribution in [0, 0.1) is 5.95 Å². The molecule has 0 aliphatic carbocycles. The predicted octanol–water partition coefficient (Wildman–Crippen LogP) is 3.82. The number of aromatic nitrogens is 1. The van der Waals surface area contributed by atoms with Gasteiger partial charge in [0.2, 0.25) is 5.95 Å². The number of hydrogen-bond donors (Lipinski definition) is 1. The number of carbonyl (C=O) groups is 1. The highest BCUT2D eigenvalue weighted by Crippen LogP contribution is 2.29. The third-order valence-corrected chi connectivity index (χ3v) is 3.21. The maximum absolute atomic E-state index is 13.8. The summed E-state index contributed by atoms with van der Waals surface area (Å²) >= 11 is 11.6. The molecule has 1 aromatic heterocycles. The lowest BCUT2D eigenvalue weighted by Gasteiger charge is -2.06. The molecule has 0 radical (unpaired) electrons. The van der Waals surface area contributed by atoms with E-state index in [2.05, 4.69) is 4.98 Å². The Labute approximate surface area is 118 Å². The fourth-order valence-corrected chi connectivity index (χ4v) is 1.90. The van der Waals surface area contributed by atoms with Crippen LogP contribution >= 0.6 is 23.2 Å². The van der Waals surface area contributed by atoms with Gasteiger partial charge >= 0.3 is 5.97 Å². The standard InChI is InChI=1S/C13H8Cl2FNO2/c14-10-4-1-7(5-11(10)15)9-3-2-8(6-12(18)19)17-13(9)16/h1-5H,6H2,(H,18,19). The second kappa shape index (κ2) is 5.55. The van der Waals surface area contributed by atoms with Crippen molar-refractivity contribution in [3.63, 3.8) is 0 Å². The van der Waals surface area contributed by atoms with Crippen molar-refractivity contribution in [2.24, 2.45) is 0 Å². The van der Waals surface area contributed by atoms with Crippen molar-refractivity contribution < 1.29 is 14.3 Å². The zero-order chi connectivity index (χ0) is 14.0. The molecule has 0 atom stereocenters. The Bertz CT molecular complexity index is 647. The molecular formula is C13H8Cl2FNO2. The summed E-state index contributed by atoms with van der Waals surface area (Å²) in [5.41, 5.74) is 0.933. The van der Waals surface area contributed by atoms with Crippen LogP contribution in [0.15, 0.2) is 30.3 Å². The molecule has 0 saturated carbocycles. The van der Waals surface area contributed by atoms with E-state index >= 15 is 0 Å². The zero-order valence-electron chi connectivity index (χ0n) is 9.53. The number of hydrogen-bond acceptors (Lipinski definition) is 2. The average molecular weight is 300 g/mol. The first kappa shape index (κ1) is 13.8. The summed E-state index contributed by atoms with van der Waals surface area (Å²) in [7, 11) is 0. The highest BCUT2D eigenvalue weighted by Gasteiger charge is 2.11. The molecule has 98 valence electrons. The third kappa shape index (κ3) is 3.22. The van der Waals surface area contributed by atoms with Crippen LogP contribution in [0.25, 0.3) is 11.1 Å². The molecule has 1 aromatic carbocycles. The molecule has 3 nitrogen and oxygen atoms in total. The lowest BCUT2D eigenvalue weighted by atomic mass is 10.1. The Hall–Kier alpha value is -1.65. The number of halogens is 3. The molecular weight excluding hydrogens is 292 g/mol. The fraction of sp³-hybridized carbons (Fsp3) is 0.0769. The monoisotopic (exact) mass is 299 g/mol. The minimum absolute atomic E-state index is 0.161. The first-order chi connectivity index (χ1) is 8.97. The Morgan fingerprint density at radius 3 is 2.53 bits per heavy atom. The van der Waals surface area contributed by atoms with Gasteiger partial charge in [-0.05, 0) is 29.8 Å². The highest BCUT2D eigenvalue weighted by atomic mass is 35.5. The van der Waals surface area contributed by atoms with Crippen molar-refractivity contribution in [2.45, 2.75) is 6.42 Å². The minimum Gasteiger partial charge on any atom is -0.481 e. The second-order valence-electron chi connectivity index (χ2n) is 3.84. The molecule has 1 N–H and O–H groups in total. The van der Waals surface area contributed by atoms with Gasteiger partial charge in [-0.3, -0.25) is 4.79 Å². The maximum Gasteiger partial charge on any atom is 0.309 e. The molecule has 0 saturated heterocycles. The molecule has 2 rings (SSSR count). The number of rotatable bonds is 3. The summed E-state index contributed by atoms with van der Waals surface area (Å²) in [5.74, 6) is -1.80. The van der Waals surface area contributed by atoms with Gasteiger partial charge in [0.15, 0.2) is 0 Å². The molecule has 1 heterocycles. The number of benzene rings is 1. The van der Waals surface area contributed by atoms with Crippen LogP contribution < -0.4 is 0 Å². The molecule has 6 heteroatoms. The Kier molecular flexibility index (Phi) is 4.02. The lowest BCUT2D eigenvalue weighted by molar-refractivity contribution is -0.136.